The Morgan fingerprint density at radius 3 is 2.38 bits per heavy atom. The molecule has 21 heavy (non-hydrogen) atoms. The number of nitrogens with zero attached hydrogens (tertiary/aromatic N) is 1. The lowest BCUT2D eigenvalue weighted by molar-refractivity contribution is 0.0358. The van der Waals surface area contributed by atoms with E-state index in [0.29, 0.717) is 18.1 Å². The van der Waals surface area contributed by atoms with Crippen LogP contribution >= 0.6 is 11.6 Å². The summed E-state index contributed by atoms with van der Waals surface area (Å²) >= 11 is 5.87. The Morgan fingerprint density at radius 2 is 1.90 bits per heavy atom. The molecule has 0 aromatic heterocycles. The van der Waals surface area contributed by atoms with Crippen molar-refractivity contribution in [1.82, 2.24) is 10.4 Å². The van der Waals surface area contributed by atoms with Crippen molar-refractivity contribution >= 4 is 23.3 Å². The molecule has 0 atom stereocenters. The van der Waals surface area contributed by atoms with Crippen LogP contribution in [0.15, 0.2) is 30.8 Å². The Kier molecular flexibility index (Phi) is 6.24. The average molecular weight is 311 g/mol. The van der Waals surface area contributed by atoms with Crippen molar-refractivity contribution in [2.75, 3.05) is 13.1 Å². The summed E-state index contributed by atoms with van der Waals surface area (Å²) in [6, 6.07) is 7.46. The molecular weight excluding hydrogens is 288 g/mol. The highest BCUT2D eigenvalue weighted by molar-refractivity contribution is 6.30. The molecule has 1 N–H and O–H groups in total. The number of amides is 1. The first-order valence-corrected chi connectivity index (χ1v) is 7.27. The molecule has 0 aliphatic heterocycles. The number of benzene rings is 1. The Balaban J connectivity index is 2.59. The molecule has 0 spiro atoms. The van der Waals surface area contributed by atoms with E-state index in [9.17, 15) is 4.79 Å². The fraction of sp³-hybridized carbons (Fsp3) is 0.438. The van der Waals surface area contributed by atoms with E-state index in [1.165, 1.54) is 0 Å². The summed E-state index contributed by atoms with van der Waals surface area (Å²) in [6.45, 7) is 12.6. The third kappa shape index (κ3) is 6.65. The summed E-state index contributed by atoms with van der Waals surface area (Å²) in [7, 11) is 0. The highest BCUT2D eigenvalue weighted by atomic mass is 35.5. The number of halogens is 1. The van der Waals surface area contributed by atoms with Crippen molar-refractivity contribution in [3.05, 3.63) is 41.4 Å². The van der Waals surface area contributed by atoms with Gasteiger partial charge in [0, 0.05) is 18.1 Å². The van der Waals surface area contributed by atoms with Crippen LogP contribution in [0, 0.1) is 0 Å². The molecule has 0 aliphatic rings. The van der Waals surface area contributed by atoms with Gasteiger partial charge in [0.05, 0.1) is 0 Å². The summed E-state index contributed by atoms with van der Waals surface area (Å²) < 4.78 is 5.23. The van der Waals surface area contributed by atoms with Gasteiger partial charge in [-0.1, -0.05) is 37.2 Å². The van der Waals surface area contributed by atoms with Gasteiger partial charge in [0.1, 0.15) is 5.60 Å². The molecule has 0 radical (unpaired) electrons. The minimum Gasteiger partial charge on any atom is -0.443 e. The molecule has 1 aromatic rings. The minimum absolute atomic E-state index is 0.465. The number of ether oxygens (including phenoxy) is 1. The summed E-state index contributed by atoms with van der Waals surface area (Å²) in [4.78, 5) is 11.8. The molecule has 116 valence electrons. The van der Waals surface area contributed by atoms with E-state index in [1.807, 2.05) is 52.0 Å². The number of hydrogen-bond acceptors (Lipinski definition) is 3. The summed E-state index contributed by atoms with van der Waals surface area (Å²) in [6.07, 6.45) is -0.465. The summed E-state index contributed by atoms with van der Waals surface area (Å²) in [5, 5.41) is 2.44. The first kappa shape index (κ1) is 17.5. The first-order chi connectivity index (χ1) is 9.71. The monoisotopic (exact) mass is 310 g/mol. The number of rotatable bonds is 5. The molecule has 0 heterocycles. The summed E-state index contributed by atoms with van der Waals surface area (Å²) in [5.74, 6) is 0. The van der Waals surface area contributed by atoms with Crippen molar-refractivity contribution in [3.8, 4) is 0 Å². The second kappa shape index (κ2) is 7.48. The number of carbonyl (C=O) groups is 1. The third-order valence-electron chi connectivity index (χ3n) is 2.66. The van der Waals surface area contributed by atoms with Gasteiger partial charge in [-0.25, -0.2) is 9.80 Å². The molecular formula is C16H23ClN2O2. The number of likely N-dealkylation sites (N-methyl/N-ethyl adjacent to an activating group) is 1. The zero-order chi connectivity index (χ0) is 16.0. The van der Waals surface area contributed by atoms with Gasteiger partial charge in [-0.3, -0.25) is 5.43 Å². The predicted molar refractivity (Wildman–Crippen MR) is 87.1 cm³/mol. The third-order valence-corrected chi connectivity index (χ3v) is 2.92. The lowest BCUT2D eigenvalue weighted by Gasteiger charge is -2.25. The van der Waals surface area contributed by atoms with Crippen LogP contribution in [0.2, 0.25) is 5.02 Å². The van der Waals surface area contributed by atoms with Crippen LogP contribution in [0.5, 0.6) is 0 Å². The number of hydrazine groups is 1. The quantitative estimate of drug-likeness (QED) is 0.832. The van der Waals surface area contributed by atoms with E-state index in [1.54, 1.807) is 5.01 Å². The van der Waals surface area contributed by atoms with Crippen molar-refractivity contribution in [3.63, 3.8) is 0 Å². The molecule has 0 aliphatic carbocycles. The zero-order valence-corrected chi connectivity index (χ0v) is 13.8. The maximum absolute atomic E-state index is 11.8. The highest BCUT2D eigenvalue weighted by Gasteiger charge is 2.18. The predicted octanol–water partition coefficient (Wildman–Crippen LogP) is 4.11. The molecule has 0 unspecified atom stereocenters. The minimum atomic E-state index is -0.517. The SMILES string of the molecule is C=C(CN(CC)NC(=O)OC(C)(C)C)c1ccc(Cl)cc1. The molecule has 1 amide bonds. The molecule has 5 heteroatoms. The lowest BCUT2D eigenvalue weighted by atomic mass is 10.1. The van der Waals surface area contributed by atoms with E-state index in [4.69, 9.17) is 16.3 Å². The maximum Gasteiger partial charge on any atom is 0.422 e. The van der Waals surface area contributed by atoms with Gasteiger partial charge in [-0.2, -0.15) is 0 Å². The highest BCUT2D eigenvalue weighted by Crippen LogP contribution is 2.17. The van der Waals surface area contributed by atoms with Gasteiger partial charge in [0.25, 0.3) is 0 Å². The Morgan fingerprint density at radius 1 is 1.33 bits per heavy atom. The lowest BCUT2D eigenvalue weighted by Crippen LogP contribution is -2.45. The van der Waals surface area contributed by atoms with Gasteiger partial charge < -0.3 is 4.74 Å². The van der Waals surface area contributed by atoms with E-state index in [2.05, 4.69) is 12.0 Å². The van der Waals surface area contributed by atoms with Crippen LogP contribution in [-0.2, 0) is 4.74 Å². The fourth-order valence-electron chi connectivity index (χ4n) is 1.67. The van der Waals surface area contributed by atoms with Crippen LogP contribution in [0.25, 0.3) is 5.57 Å². The van der Waals surface area contributed by atoms with Crippen LogP contribution < -0.4 is 5.43 Å². The second-order valence-electron chi connectivity index (χ2n) is 5.74. The van der Waals surface area contributed by atoms with Gasteiger partial charge in [0.15, 0.2) is 0 Å². The van der Waals surface area contributed by atoms with E-state index < -0.39 is 11.7 Å². The van der Waals surface area contributed by atoms with Crippen molar-refractivity contribution in [2.45, 2.75) is 33.3 Å². The second-order valence-corrected chi connectivity index (χ2v) is 6.17. The number of carbonyl (C=O) groups excluding carboxylic acids is 1. The maximum atomic E-state index is 11.8. The van der Waals surface area contributed by atoms with Crippen LogP contribution in [0.1, 0.15) is 33.3 Å². The fourth-order valence-corrected chi connectivity index (χ4v) is 1.79. The standard InChI is InChI=1S/C16H23ClN2O2/c1-6-19(18-15(20)21-16(3,4)5)11-12(2)13-7-9-14(17)10-8-13/h7-10H,2,6,11H2,1,3-5H3,(H,18,20). The topological polar surface area (TPSA) is 41.6 Å². The number of hydrogen-bond donors (Lipinski definition) is 1. The molecule has 0 saturated heterocycles. The van der Waals surface area contributed by atoms with Crippen molar-refractivity contribution < 1.29 is 9.53 Å². The van der Waals surface area contributed by atoms with Crippen molar-refractivity contribution in [2.24, 2.45) is 0 Å². The van der Waals surface area contributed by atoms with Crippen LogP contribution in [0.3, 0.4) is 0 Å². The Bertz CT molecular complexity index is 492. The molecule has 0 fully saturated rings. The largest absolute Gasteiger partial charge is 0.443 e. The van der Waals surface area contributed by atoms with Gasteiger partial charge in [0.2, 0.25) is 0 Å². The van der Waals surface area contributed by atoms with E-state index in [-0.39, 0.29) is 0 Å². The van der Waals surface area contributed by atoms with Gasteiger partial charge in [-0.05, 0) is 44.0 Å². The first-order valence-electron chi connectivity index (χ1n) is 6.89. The Labute approximate surface area is 131 Å². The smallest absolute Gasteiger partial charge is 0.422 e. The van der Waals surface area contributed by atoms with E-state index >= 15 is 0 Å². The molecule has 0 bridgehead atoms. The molecule has 1 aromatic carbocycles. The Hall–Kier alpha value is -1.52. The molecule has 0 saturated carbocycles. The zero-order valence-electron chi connectivity index (χ0n) is 13.1. The van der Waals surface area contributed by atoms with Crippen molar-refractivity contribution in [1.29, 1.82) is 0 Å². The number of nitrogens with one attached hydrogen (secondary N) is 1. The van der Waals surface area contributed by atoms with Crippen LogP contribution in [-0.4, -0.2) is 29.8 Å². The molecule has 4 nitrogen and oxygen atoms in total. The summed E-state index contributed by atoms with van der Waals surface area (Å²) in [5.41, 5.74) is 4.09. The van der Waals surface area contributed by atoms with Crippen LogP contribution in [0.4, 0.5) is 4.79 Å². The normalized spacial score (nSPS) is 11.3. The van der Waals surface area contributed by atoms with E-state index in [0.717, 1.165) is 11.1 Å². The van der Waals surface area contributed by atoms with Gasteiger partial charge in [-0.15, -0.1) is 0 Å². The molecule has 1 rings (SSSR count). The average Bonchev–Trinajstić information content (AvgIpc) is 2.36. The van der Waals surface area contributed by atoms with Gasteiger partial charge >= 0.3 is 6.09 Å².